The van der Waals surface area contributed by atoms with Crippen LogP contribution in [-0.2, 0) is 0 Å². The van der Waals surface area contributed by atoms with Crippen LogP contribution in [0.3, 0.4) is 0 Å². The van der Waals surface area contributed by atoms with Crippen LogP contribution in [0.5, 0.6) is 0 Å². The second-order valence-electron chi connectivity index (χ2n) is 21.7. The van der Waals surface area contributed by atoms with Crippen molar-refractivity contribution >= 4 is 143 Å². The average Bonchev–Trinajstić information content (AvgIpc) is 3.86. The normalized spacial score (nSPS) is 12.0. The van der Waals surface area contributed by atoms with Gasteiger partial charge in [-0.05, 0) is 180 Å². The quantitative estimate of drug-likeness (QED) is 0.152. The van der Waals surface area contributed by atoms with Crippen molar-refractivity contribution in [3.63, 3.8) is 0 Å². The maximum atomic E-state index is 7.06. The Balaban J connectivity index is 0.804. The molecule has 0 aliphatic carbocycles. The molecule has 0 radical (unpaired) electrons. The summed E-state index contributed by atoms with van der Waals surface area (Å²) in [4.78, 5) is 4.86. The summed E-state index contributed by atoms with van der Waals surface area (Å²) >= 11 is 0. The zero-order valence-electron chi connectivity index (χ0n) is 45.0. The smallest absolute Gasteiger partial charge is 0.147 e. The minimum atomic E-state index is 0.795. The van der Waals surface area contributed by atoms with Crippen LogP contribution >= 0.6 is 0 Å². The molecule has 82 heavy (non-hydrogen) atoms. The SMILES string of the molecule is Cc1ccccc1N(c1ccc2cc3c(cc2c1)oc1c3ccc2oc3cc4cc(N(c5ccccc5C)c5cccc6c5c5ccccc5n6-c5ccccc5)ccc4cc3c21)c1cccc2c1c1ccccc1n2-c1ccccc1. The highest BCUT2D eigenvalue weighted by atomic mass is 16.3. The third-order valence-corrected chi connectivity index (χ3v) is 17.0. The first kappa shape index (κ1) is 46.1. The summed E-state index contributed by atoms with van der Waals surface area (Å²) in [5, 5.41) is 13.4. The van der Waals surface area contributed by atoms with E-state index in [4.69, 9.17) is 8.83 Å². The minimum Gasteiger partial charge on any atom is -0.456 e. The first-order valence-electron chi connectivity index (χ1n) is 28.1. The predicted octanol–water partition coefficient (Wildman–Crippen LogP) is 21.5. The predicted molar refractivity (Wildman–Crippen MR) is 344 cm³/mol. The maximum Gasteiger partial charge on any atom is 0.147 e. The van der Waals surface area contributed by atoms with E-state index in [1.165, 1.54) is 43.7 Å². The van der Waals surface area contributed by atoms with Crippen molar-refractivity contribution < 1.29 is 8.83 Å². The van der Waals surface area contributed by atoms with Gasteiger partial charge in [0, 0.05) is 71.8 Å². The lowest BCUT2D eigenvalue weighted by atomic mass is 10.0. The maximum absolute atomic E-state index is 7.06. The number of fused-ring (bicyclic) bond motifs is 15. The number of furan rings is 2. The van der Waals surface area contributed by atoms with Crippen molar-refractivity contribution in [2.24, 2.45) is 0 Å². The van der Waals surface area contributed by atoms with E-state index in [-0.39, 0.29) is 0 Å². The van der Waals surface area contributed by atoms with Gasteiger partial charge in [-0.1, -0.05) is 133 Å². The van der Waals surface area contributed by atoms with Crippen molar-refractivity contribution in [2.75, 3.05) is 9.80 Å². The van der Waals surface area contributed by atoms with Gasteiger partial charge in [0.05, 0.1) is 38.8 Å². The first-order chi connectivity index (χ1) is 40.5. The van der Waals surface area contributed by atoms with Gasteiger partial charge >= 0.3 is 0 Å². The third kappa shape index (κ3) is 6.88. The van der Waals surface area contributed by atoms with Gasteiger partial charge in [-0.3, -0.25) is 0 Å². The molecule has 0 unspecified atom stereocenters. The van der Waals surface area contributed by atoms with Crippen LogP contribution in [-0.4, -0.2) is 9.13 Å². The van der Waals surface area contributed by atoms with Crippen LogP contribution in [0.4, 0.5) is 34.1 Å². The Morgan fingerprint density at radius 3 is 1.27 bits per heavy atom. The fourth-order valence-electron chi connectivity index (χ4n) is 13.4. The van der Waals surface area contributed by atoms with Crippen molar-refractivity contribution in [3.8, 4) is 11.4 Å². The number of nitrogens with zero attached hydrogens (tertiary/aromatic N) is 4. The van der Waals surface area contributed by atoms with Gasteiger partial charge in [0.2, 0.25) is 0 Å². The second-order valence-corrected chi connectivity index (χ2v) is 21.7. The monoisotopic (exact) mass is 1050 g/mol. The summed E-state index contributed by atoms with van der Waals surface area (Å²) in [5.41, 5.74) is 19.2. The molecule has 0 aliphatic rings. The van der Waals surface area contributed by atoms with E-state index in [0.717, 1.165) is 122 Å². The van der Waals surface area contributed by atoms with Gasteiger partial charge in [0.1, 0.15) is 22.3 Å². The molecule has 17 rings (SSSR count). The number of aromatic nitrogens is 2. The van der Waals surface area contributed by atoms with Gasteiger partial charge in [-0.25, -0.2) is 0 Å². The van der Waals surface area contributed by atoms with Gasteiger partial charge in [-0.2, -0.15) is 0 Å². The number of anilines is 6. The zero-order chi connectivity index (χ0) is 54.2. The summed E-state index contributed by atoms with van der Waals surface area (Å²) in [6, 6.07) is 96.6. The van der Waals surface area contributed by atoms with Gasteiger partial charge in [0.25, 0.3) is 0 Å². The van der Waals surface area contributed by atoms with E-state index in [9.17, 15) is 0 Å². The Hall–Kier alpha value is -10.8. The molecular formula is C76H50N4O2. The van der Waals surface area contributed by atoms with Crippen molar-refractivity contribution in [1.29, 1.82) is 0 Å². The van der Waals surface area contributed by atoms with Gasteiger partial charge < -0.3 is 27.8 Å². The Kier molecular flexibility index (Phi) is 10.0. The lowest BCUT2D eigenvalue weighted by Crippen LogP contribution is -2.11. The summed E-state index contributed by atoms with van der Waals surface area (Å²) < 4.78 is 18.7. The molecular weight excluding hydrogens is 1000 g/mol. The van der Waals surface area contributed by atoms with Gasteiger partial charge in [0.15, 0.2) is 0 Å². The molecule has 4 aromatic heterocycles. The van der Waals surface area contributed by atoms with Crippen LogP contribution < -0.4 is 9.80 Å². The second kappa shape index (κ2) is 17.8. The standard InChI is InChI=1S/C76H50N4O2/c1-47-19-9-13-27-62(47)79(68-33-17-31-66-73(68)58-25-11-15-29-64(58)77(66)53-21-5-3-6-22-53)55-37-35-49-43-60-57-39-40-70-75(76(57)82-71(60)45-51(49)41-55)61-44-50-36-38-56(42-52(50)46-72(61)81-70)80(63-28-14-10-20-48(63)2)69-34-18-32-67-74(69)59-26-12-16-30-65(59)78(67)54-23-7-4-8-24-54/h3-46H,1-2H3. The first-order valence-corrected chi connectivity index (χ1v) is 28.1. The fourth-order valence-corrected chi connectivity index (χ4v) is 13.4. The molecule has 0 saturated heterocycles. The highest BCUT2D eigenvalue weighted by molar-refractivity contribution is 6.25. The molecule has 0 fully saturated rings. The molecule has 386 valence electrons. The molecule has 0 bridgehead atoms. The van der Waals surface area contributed by atoms with Crippen LogP contribution in [0.2, 0.25) is 0 Å². The largest absolute Gasteiger partial charge is 0.456 e. The number of rotatable bonds is 8. The van der Waals surface area contributed by atoms with Crippen LogP contribution in [0.15, 0.2) is 276 Å². The Bertz CT molecular complexity index is 5450. The van der Waals surface area contributed by atoms with Crippen molar-refractivity contribution in [3.05, 3.63) is 278 Å². The number of hydrogen-bond acceptors (Lipinski definition) is 4. The van der Waals surface area contributed by atoms with Crippen LogP contribution in [0.1, 0.15) is 11.1 Å². The van der Waals surface area contributed by atoms with E-state index in [0.29, 0.717) is 0 Å². The molecule has 6 heteroatoms. The van der Waals surface area contributed by atoms with E-state index < -0.39 is 0 Å². The summed E-state index contributed by atoms with van der Waals surface area (Å²) in [7, 11) is 0. The van der Waals surface area contributed by atoms with Gasteiger partial charge in [-0.15, -0.1) is 0 Å². The third-order valence-electron chi connectivity index (χ3n) is 17.0. The molecule has 0 saturated carbocycles. The molecule has 4 heterocycles. The van der Waals surface area contributed by atoms with Crippen LogP contribution in [0.25, 0.3) is 120 Å². The Morgan fingerprint density at radius 2 is 0.732 bits per heavy atom. The summed E-state index contributed by atoms with van der Waals surface area (Å²) in [6.45, 7) is 4.40. The molecule has 17 aromatic rings. The lowest BCUT2D eigenvalue weighted by Gasteiger charge is -2.28. The number of hydrogen-bond donors (Lipinski definition) is 0. The van der Waals surface area contributed by atoms with Crippen molar-refractivity contribution in [2.45, 2.75) is 13.8 Å². The number of aryl methyl sites for hydroxylation is 2. The molecule has 0 N–H and O–H groups in total. The van der Waals surface area contributed by atoms with Crippen LogP contribution in [0, 0.1) is 13.8 Å². The minimum absolute atomic E-state index is 0.795. The zero-order valence-corrected chi connectivity index (χ0v) is 45.0. The molecule has 13 aromatic carbocycles. The van der Waals surface area contributed by atoms with E-state index >= 15 is 0 Å². The van der Waals surface area contributed by atoms with E-state index in [2.05, 4.69) is 300 Å². The molecule has 0 aliphatic heterocycles. The number of para-hydroxylation sites is 6. The molecule has 0 amide bonds. The average molecular weight is 1050 g/mol. The molecule has 0 atom stereocenters. The summed E-state index contributed by atoms with van der Waals surface area (Å²) in [6.07, 6.45) is 0. The van der Waals surface area contributed by atoms with E-state index in [1.807, 2.05) is 0 Å². The highest BCUT2D eigenvalue weighted by Gasteiger charge is 2.26. The lowest BCUT2D eigenvalue weighted by molar-refractivity contribution is 0.663. The molecule has 0 spiro atoms. The topological polar surface area (TPSA) is 42.6 Å². The highest BCUT2D eigenvalue weighted by Crippen LogP contribution is 2.49. The Labute approximate surface area is 471 Å². The fraction of sp³-hybridized carbons (Fsp3) is 0.0263. The summed E-state index contributed by atoms with van der Waals surface area (Å²) in [5.74, 6) is 0. The Morgan fingerprint density at radius 1 is 0.280 bits per heavy atom. The number of benzene rings is 13. The molecule has 6 nitrogen and oxygen atoms in total. The van der Waals surface area contributed by atoms with E-state index in [1.54, 1.807) is 0 Å². The van der Waals surface area contributed by atoms with Crippen molar-refractivity contribution in [1.82, 2.24) is 9.13 Å².